The zero-order chi connectivity index (χ0) is 37.4. The van der Waals surface area contributed by atoms with Gasteiger partial charge in [-0.05, 0) is 46.2 Å². The molecule has 0 aromatic heterocycles. The molecule has 5 N–H and O–H groups in total. The van der Waals surface area contributed by atoms with E-state index in [-0.39, 0.29) is 70.9 Å². The Hall–Kier alpha value is -3.31. The van der Waals surface area contributed by atoms with Gasteiger partial charge in [-0.3, -0.25) is 14.4 Å². The Kier molecular flexibility index (Phi) is 9.85. The van der Waals surface area contributed by atoms with E-state index in [0.29, 0.717) is 18.4 Å². The van der Waals surface area contributed by atoms with Crippen molar-refractivity contribution in [3.63, 3.8) is 0 Å². The van der Waals surface area contributed by atoms with Crippen molar-refractivity contribution in [1.29, 1.82) is 0 Å². The van der Waals surface area contributed by atoms with Crippen LogP contribution in [0, 0.1) is 0 Å². The van der Waals surface area contributed by atoms with Gasteiger partial charge in [0.2, 0.25) is 0 Å². The van der Waals surface area contributed by atoms with Crippen molar-refractivity contribution < 1.29 is 68.3 Å². The van der Waals surface area contributed by atoms with Crippen molar-refractivity contribution >= 4 is 17.3 Å². The highest BCUT2D eigenvalue weighted by molar-refractivity contribution is 6.32. The van der Waals surface area contributed by atoms with Crippen molar-refractivity contribution in [2.24, 2.45) is 0 Å². The number of rotatable bonds is 6. The molecule has 0 bridgehead atoms. The Labute approximate surface area is 300 Å². The molecular weight excluding hydrogens is 680 g/mol. The molecule has 3 fully saturated rings. The minimum Gasteiger partial charge on any atom is -0.507 e. The fourth-order valence-electron chi connectivity index (χ4n) is 8.31. The molecule has 0 radical (unpaired) electrons. The molecule has 0 amide bonds. The van der Waals surface area contributed by atoms with E-state index in [1.165, 1.54) is 32.2 Å². The van der Waals surface area contributed by atoms with Gasteiger partial charge in [0.25, 0.3) is 0 Å². The summed E-state index contributed by atoms with van der Waals surface area (Å²) in [5.41, 5.74) is -1.12. The molecule has 2 aromatic carbocycles. The number of phenols is 1. The van der Waals surface area contributed by atoms with Crippen LogP contribution in [-0.2, 0) is 30.1 Å². The molecule has 282 valence electrons. The third kappa shape index (κ3) is 6.48. The quantitative estimate of drug-likeness (QED) is 0.247. The summed E-state index contributed by atoms with van der Waals surface area (Å²) in [5.74, 6) is -1.99. The lowest BCUT2D eigenvalue weighted by Gasteiger charge is -2.43. The Morgan fingerprint density at radius 1 is 0.769 bits per heavy atom. The predicted molar refractivity (Wildman–Crippen MR) is 179 cm³/mol. The summed E-state index contributed by atoms with van der Waals surface area (Å²) in [5, 5.41) is 53.5. The molecule has 0 unspecified atom stereocenters. The molecule has 14 nitrogen and oxygen atoms in total. The molecule has 0 saturated carbocycles. The molecule has 14 heteroatoms. The standard InChI is InChI=1S/C38H46O14/c1-15-24(51-29-11-22(39)33(41)16(2)50-29)8-9-28(49-15)52-27-12-26(48-17(3)34(27)42)18-6-7-19-32(35(18)43)37(45)20-10-25(47-5)21-13-38(4,46)14-23(40)30(21)31(20)36(19)44/h6-7,10,15-17,22,24,26-29,33-34,39,41-43,46H,8-9,11-14H2,1-5H3/t15-,16+,17+,22+,24-,26+,27+,28-,29-,33+,34+,38+/m0/s1. The second-order valence-electron chi connectivity index (χ2n) is 15.0. The van der Waals surface area contributed by atoms with Crippen molar-refractivity contribution in [2.75, 3.05) is 7.11 Å². The van der Waals surface area contributed by atoms with Gasteiger partial charge in [0.15, 0.2) is 29.9 Å². The van der Waals surface area contributed by atoms with Gasteiger partial charge in [-0.2, -0.15) is 0 Å². The van der Waals surface area contributed by atoms with Crippen LogP contribution in [0.15, 0.2) is 18.2 Å². The predicted octanol–water partition coefficient (Wildman–Crippen LogP) is 2.42. The van der Waals surface area contributed by atoms with Gasteiger partial charge >= 0.3 is 0 Å². The molecule has 2 aliphatic carbocycles. The summed E-state index contributed by atoms with van der Waals surface area (Å²) in [6.07, 6.45) is -7.08. The molecule has 0 spiro atoms. The third-order valence-corrected chi connectivity index (χ3v) is 11.1. The molecule has 3 heterocycles. The van der Waals surface area contributed by atoms with Crippen LogP contribution in [0.3, 0.4) is 0 Å². The van der Waals surface area contributed by atoms with Crippen molar-refractivity contribution in [1.82, 2.24) is 0 Å². The highest BCUT2D eigenvalue weighted by Crippen LogP contribution is 2.46. The van der Waals surface area contributed by atoms with Gasteiger partial charge in [-0.1, -0.05) is 6.07 Å². The molecule has 2 aromatic rings. The lowest BCUT2D eigenvalue weighted by molar-refractivity contribution is -0.306. The van der Waals surface area contributed by atoms with E-state index in [2.05, 4.69) is 0 Å². The van der Waals surface area contributed by atoms with Gasteiger partial charge in [0.05, 0.1) is 61.0 Å². The number of aromatic hydroxyl groups is 1. The number of ketones is 3. The van der Waals surface area contributed by atoms with Crippen molar-refractivity contribution in [2.45, 2.75) is 139 Å². The van der Waals surface area contributed by atoms with Crippen LogP contribution in [-0.4, -0.2) is 117 Å². The number of benzene rings is 2. The van der Waals surface area contributed by atoms with E-state index in [1.807, 2.05) is 6.92 Å². The average Bonchev–Trinajstić information content (AvgIpc) is 3.08. The highest BCUT2D eigenvalue weighted by atomic mass is 16.7. The van der Waals surface area contributed by atoms with Gasteiger partial charge in [0, 0.05) is 65.5 Å². The molecular formula is C38H46O14. The van der Waals surface area contributed by atoms with E-state index in [4.69, 9.17) is 28.4 Å². The van der Waals surface area contributed by atoms with Gasteiger partial charge in [-0.15, -0.1) is 0 Å². The summed E-state index contributed by atoms with van der Waals surface area (Å²) in [7, 11) is 1.37. The van der Waals surface area contributed by atoms with Gasteiger partial charge < -0.3 is 54.0 Å². The number of aliphatic hydroxyl groups is 4. The first-order valence-electron chi connectivity index (χ1n) is 17.8. The van der Waals surface area contributed by atoms with Crippen LogP contribution in [0.2, 0.25) is 0 Å². The van der Waals surface area contributed by atoms with E-state index in [9.17, 15) is 39.9 Å². The molecule has 3 saturated heterocycles. The fraction of sp³-hybridized carbons (Fsp3) is 0.605. The van der Waals surface area contributed by atoms with Crippen LogP contribution < -0.4 is 4.74 Å². The second-order valence-corrected chi connectivity index (χ2v) is 15.0. The van der Waals surface area contributed by atoms with Crippen LogP contribution in [0.1, 0.15) is 119 Å². The third-order valence-electron chi connectivity index (χ3n) is 11.1. The second kappa shape index (κ2) is 13.8. The Morgan fingerprint density at radius 2 is 1.44 bits per heavy atom. The normalized spacial score (nSPS) is 37.6. The number of methoxy groups -OCH3 is 1. The van der Waals surface area contributed by atoms with Crippen LogP contribution in [0.4, 0.5) is 0 Å². The van der Waals surface area contributed by atoms with E-state index in [0.717, 1.165) is 0 Å². The maximum atomic E-state index is 14.1. The number of ether oxygens (including phenoxy) is 6. The largest absolute Gasteiger partial charge is 0.507 e. The summed E-state index contributed by atoms with van der Waals surface area (Å²) in [6.45, 7) is 6.69. The topological polar surface area (TPSA) is 208 Å². The molecule has 52 heavy (non-hydrogen) atoms. The van der Waals surface area contributed by atoms with E-state index >= 15 is 0 Å². The average molecular weight is 727 g/mol. The summed E-state index contributed by atoms with van der Waals surface area (Å²) in [6, 6.07) is 4.32. The smallest absolute Gasteiger partial charge is 0.198 e. The first-order chi connectivity index (χ1) is 24.6. The SMILES string of the molecule is COc1cc2c(c3c1C[C@@](C)(O)CC3=O)C(=O)c1ccc([C@H]3C[C@@H](O[C@H]4CC[C@H](O[C@H]5C[C@@H](O)[C@H](O)[C@@H](C)O5)[C@H](C)O4)[C@H](O)[C@@H](C)O3)c(O)c1C2=O. The van der Waals surface area contributed by atoms with E-state index in [1.54, 1.807) is 13.8 Å². The van der Waals surface area contributed by atoms with E-state index < -0.39 is 90.1 Å². The first kappa shape index (κ1) is 37.0. The highest BCUT2D eigenvalue weighted by Gasteiger charge is 2.46. The molecule has 7 rings (SSSR count). The Bertz CT molecular complexity index is 1760. The lowest BCUT2D eigenvalue weighted by Crippen LogP contribution is -2.51. The number of hydrogen-bond donors (Lipinski definition) is 5. The van der Waals surface area contributed by atoms with Crippen LogP contribution in [0.25, 0.3) is 0 Å². The molecule has 3 aliphatic heterocycles. The Balaban J connectivity index is 1.09. The number of carbonyl (C=O) groups excluding carboxylic acids is 3. The lowest BCUT2D eigenvalue weighted by atomic mass is 9.72. The number of fused-ring (bicyclic) bond motifs is 4. The minimum absolute atomic E-state index is 0.0551. The first-order valence-corrected chi connectivity index (χ1v) is 17.8. The summed E-state index contributed by atoms with van der Waals surface area (Å²) >= 11 is 0. The monoisotopic (exact) mass is 726 g/mol. The van der Waals surface area contributed by atoms with Crippen molar-refractivity contribution in [3.8, 4) is 11.5 Å². The number of aliphatic hydroxyl groups excluding tert-OH is 3. The maximum absolute atomic E-state index is 14.1. The number of hydrogen-bond acceptors (Lipinski definition) is 14. The molecule has 5 aliphatic rings. The maximum Gasteiger partial charge on any atom is 0.198 e. The zero-order valence-electron chi connectivity index (χ0n) is 29.7. The zero-order valence-corrected chi connectivity index (χ0v) is 29.7. The van der Waals surface area contributed by atoms with Crippen LogP contribution in [0.5, 0.6) is 11.5 Å². The van der Waals surface area contributed by atoms with Crippen molar-refractivity contribution in [3.05, 3.63) is 57.1 Å². The molecule has 12 atom stereocenters. The van der Waals surface area contributed by atoms with Crippen LogP contribution >= 0.6 is 0 Å². The van der Waals surface area contributed by atoms with Gasteiger partial charge in [-0.25, -0.2) is 0 Å². The summed E-state index contributed by atoms with van der Waals surface area (Å²) < 4.78 is 35.8. The fourth-order valence-corrected chi connectivity index (χ4v) is 8.31. The summed E-state index contributed by atoms with van der Waals surface area (Å²) in [4.78, 5) is 41.4. The number of Topliss-reactive ketones (excluding diaryl/α,β-unsaturated/α-hetero) is 1. The number of carbonyl (C=O) groups is 3. The minimum atomic E-state index is -1.34. The van der Waals surface area contributed by atoms with Gasteiger partial charge in [0.1, 0.15) is 23.7 Å². The number of phenolic OH excluding ortho intramolecular Hbond substituents is 1. The Morgan fingerprint density at radius 3 is 2.13 bits per heavy atom.